The van der Waals surface area contributed by atoms with E-state index in [4.69, 9.17) is 4.42 Å². The van der Waals surface area contributed by atoms with Crippen LogP contribution in [-0.2, 0) is 6.54 Å². The van der Waals surface area contributed by atoms with E-state index < -0.39 is 0 Å². The fourth-order valence-electron chi connectivity index (χ4n) is 4.25. The summed E-state index contributed by atoms with van der Waals surface area (Å²) >= 11 is 0. The molecule has 3 aromatic heterocycles. The van der Waals surface area contributed by atoms with Gasteiger partial charge in [0.1, 0.15) is 17.6 Å². The smallest absolute Gasteiger partial charge is 0.138 e. The minimum absolute atomic E-state index is 0.480. The maximum absolute atomic E-state index is 9.74. The third-order valence-electron chi connectivity index (χ3n) is 6.23. The van der Waals surface area contributed by atoms with Crippen LogP contribution in [0.5, 0.6) is 0 Å². The predicted octanol–water partition coefficient (Wildman–Crippen LogP) is 4.49. The van der Waals surface area contributed by atoms with Gasteiger partial charge in [0.25, 0.3) is 0 Å². The second-order valence-corrected chi connectivity index (χ2v) is 8.37. The lowest BCUT2D eigenvalue weighted by molar-refractivity contribution is 0.140. The Balaban J connectivity index is 1.46. The normalized spacial score (nSPS) is 15.2. The molecule has 0 radical (unpaired) electrons. The van der Waals surface area contributed by atoms with Crippen molar-refractivity contribution in [3.05, 3.63) is 65.8 Å². The van der Waals surface area contributed by atoms with Crippen molar-refractivity contribution in [3.8, 4) is 17.4 Å². The molecule has 0 aliphatic carbocycles. The molecule has 7 heteroatoms. The van der Waals surface area contributed by atoms with Gasteiger partial charge in [0.2, 0.25) is 0 Å². The summed E-state index contributed by atoms with van der Waals surface area (Å²) in [6.07, 6.45) is 5.28. The van der Waals surface area contributed by atoms with Crippen LogP contribution in [0.1, 0.15) is 16.9 Å². The second kappa shape index (κ2) is 8.50. The molecule has 1 aliphatic heterocycles. The third kappa shape index (κ3) is 3.86. The molecule has 7 nitrogen and oxygen atoms in total. The Morgan fingerprint density at radius 2 is 1.97 bits per heavy atom. The van der Waals surface area contributed by atoms with E-state index in [2.05, 4.69) is 51.2 Å². The van der Waals surface area contributed by atoms with E-state index in [1.54, 1.807) is 12.4 Å². The Morgan fingerprint density at radius 1 is 1.12 bits per heavy atom. The van der Waals surface area contributed by atoms with Crippen LogP contribution in [0, 0.1) is 18.3 Å². The second-order valence-electron chi connectivity index (χ2n) is 8.37. The first-order valence-electron chi connectivity index (χ1n) is 10.8. The van der Waals surface area contributed by atoms with Crippen molar-refractivity contribution < 1.29 is 4.42 Å². The van der Waals surface area contributed by atoms with E-state index in [9.17, 15) is 5.26 Å². The van der Waals surface area contributed by atoms with Gasteiger partial charge in [-0.15, -0.1) is 0 Å². The van der Waals surface area contributed by atoms with Gasteiger partial charge in [-0.05, 0) is 49.9 Å². The molecular weight excluding hydrogens is 400 g/mol. The van der Waals surface area contributed by atoms with Crippen LogP contribution < -0.4 is 5.32 Å². The molecule has 162 valence electrons. The number of fused-ring (bicyclic) bond motifs is 1. The van der Waals surface area contributed by atoms with Crippen molar-refractivity contribution in [3.63, 3.8) is 0 Å². The molecule has 0 saturated carbocycles. The zero-order valence-electron chi connectivity index (χ0n) is 18.4. The van der Waals surface area contributed by atoms with E-state index in [-0.39, 0.29) is 0 Å². The largest absolute Gasteiger partial charge is 0.460 e. The number of hydrogen-bond acceptors (Lipinski definition) is 6. The van der Waals surface area contributed by atoms with Gasteiger partial charge >= 0.3 is 0 Å². The average Bonchev–Trinajstić information content (AvgIpc) is 3.47. The van der Waals surface area contributed by atoms with Crippen molar-refractivity contribution >= 4 is 22.3 Å². The summed E-state index contributed by atoms with van der Waals surface area (Å²) < 4.78 is 6.22. The summed E-state index contributed by atoms with van der Waals surface area (Å²) in [5.74, 6) is 1.63. The van der Waals surface area contributed by atoms with E-state index in [0.29, 0.717) is 17.0 Å². The first kappa shape index (κ1) is 20.3. The first-order chi connectivity index (χ1) is 15.6. The fourth-order valence-corrected chi connectivity index (χ4v) is 4.25. The van der Waals surface area contributed by atoms with E-state index in [1.165, 1.54) is 0 Å². The van der Waals surface area contributed by atoms with Crippen molar-refractivity contribution in [2.24, 2.45) is 0 Å². The lowest BCUT2D eigenvalue weighted by atomic mass is 10.1. The Kier molecular flexibility index (Phi) is 5.39. The number of rotatable bonds is 5. The minimum Gasteiger partial charge on any atom is -0.460 e. The quantitative estimate of drug-likeness (QED) is 0.489. The predicted molar refractivity (Wildman–Crippen MR) is 126 cm³/mol. The molecule has 32 heavy (non-hydrogen) atoms. The number of anilines is 2. The molecule has 0 bridgehead atoms. The number of piperazine rings is 1. The molecule has 5 rings (SSSR count). The molecular formula is C25H26N6O. The van der Waals surface area contributed by atoms with E-state index in [1.807, 2.05) is 30.5 Å². The lowest BCUT2D eigenvalue weighted by Gasteiger charge is -2.31. The molecule has 1 aliphatic rings. The van der Waals surface area contributed by atoms with Gasteiger partial charge in [0, 0.05) is 61.4 Å². The topological polar surface area (TPSA) is 84.1 Å². The molecule has 1 fully saturated rings. The Morgan fingerprint density at radius 3 is 2.78 bits per heavy atom. The summed E-state index contributed by atoms with van der Waals surface area (Å²) in [7, 11) is 2.15. The van der Waals surface area contributed by atoms with E-state index in [0.717, 1.165) is 66.2 Å². The third-order valence-corrected chi connectivity index (χ3v) is 6.23. The zero-order valence-corrected chi connectivity index (χ0v) is 18.4. The number of benzene rings is 1. The minimum atomic E-state index is 0.480. The molecule has 0 atom stereocenters. The van der Waals surface area contributed by atoms with Crippen molar-refractivity contribution in [2.45, 2.75) is 13.5 Å². The number of likely N-dealkylation sites (N-methyl/N-ethyl adjacent to an activating group) is 1. The van der Waals surface area contributed by atoms with Gasteiger partial charge in [-0.2, -0.15) is 5.26 Å². The van der Waals surface area contributed by atoms with Crippen LogP contribution in [-0.4, -0.2) is 53.0 Å². The number of aromatic nitrogens is 2. The Bertz CT molecular complexity index is 1290. The van der Waals surface area contributed by atoms with Crippen LogP contribution in [0.25, 0.3) is 22.2 Å². The van der Waals surface area contributed by atoms with Crippen LogP contribution in [0.3, 0.4) is 0 Å². The van der Waals surface area contributed by atoms with Crippen molar-refractivity contribution in [2.75, 3.05) is 38.5 Å². The number of aryl methyl sites for hydroxylation is 1. The summed E-state index contributed by atoms with van der Waals surface area (Å²) in [5.41, 5.74) is 5.12. The summed E-state index contributed by atoms with van der Waals surface area (Å²) in [6, 6.07) is 12.4. The monoisotopic (exact) mass is 426 g/mol. The maximum Gasteiger partial charge on any atom is 0.138 e. The van der Waals surface area contributed by atoms with Gasteiger partial charge < -0.3 is 19.6 Å². The number of nitriles is 1. The fraction of sp³-hybridized carbons (Fsp3) is 0.280. The van der Waals surface area contributed by atoms with Crippen LogP contribution in [0.4, 0.5) is 11.4 Å². The number of pyridine rings is 1. The first-order valence-corrected chi connectivity index (χ1v) is 10.8. The van der Waals surface area contributed by atoms with Gasteiger partial charge in [0.05, 0.1) is 23.4 Å². The van der Waals surface area contributed by atoms with Gasteiger partial charge in [0.15, 0.2) is 0 Å². The van der Waals surface area contributed by atoms with Crippen molar-refractivity contribution in [1.29, 1.82) is 5.26 Å². The molecule has 2 N–H and O–H groups in total. The summed E-state index contributed by atoms with van der Waals surface area (Å²) in [6.45, 7) is 7.07. The number of nitrogens with zero attached hydrogens (tertiary/aromatic N) is 4. The number of nitrogens with one attached hydrogen (secondary N) is 2. The SMILES string of the molecule is Cc1c(Nc2c(C#N)cncc2-c2ccc(CN3CCN(C)CC3)o2)ccc2[nH]ccc12. The number of furan rings is 1. The number of aromatic amines is 1. The lowest BCUT2D eigenvalue weighted by Crippen LogP contribution is -2.43. The highest BCUT2D eigenvalue weighted by Crippen LogP contribution is 2.35. The zero-order chi connectivity index (χ0) is 22.1. The Hall–Kier alpha value is -3.60. The molecule has 0 spiro atoms. The molecule has 1 aromatic carbocycles. The van der Waals surface area contributed by atoms with Crippen LogP contribution in [0.15, 0.2) is 53.3 Å². The molecule has 0 amide bonds. The summed E-state index contributed by atoms with van der Waals surface area (Å²) in [5, 5.41) is 14.4. The van der Waals surface area contributed by atoms with Crippen LogP contribution >= 0.6 is 0 Å². The van der Waals surface area contributed by atoms with Gasteiger partial charge in [-0.25, -0.2) is 0 Å². The maximum atomic E-state index is 9.74. The highest BCUT2D eigenvalue weighted by atomic mass is 16.3. The molecule has 4 heterocycles. The molecule has 1 saturated heterocycles. The van der Waals surface area contributed by atoms with Gasteiger partial charge in [-0.3, -0.25) is 9.88 Å². The number of H-pyrrole nitrogens is 1. The van der Waals surface area contributed by atoms with Gasteiger partial charge in [-0.1, -0.05) is 0 Å². The highest BCUT2D eigenvalue weighted by molar-refractivity contribution is 5.91. The van der Waals surface area contributed by atoms with Crippen molar-refractivity contribution in [1.82, 2.24) is 19.8 Å². The standard InChI is InChI=1S/C25H26N6O/c1-17-20-7-8-28-23(20)5-4-22(17)29-25-18(13-26)14-27-15-21(25)24-6-3-19(32-24)16-31-11-9-30(2)10-12-31/h3-8,14-15,28H,9-12,16H2,1-2H3,(H,27,29). The van der Waals surface area contributed by atoms with E-state index >= 15 is 0 Å². The Labute approximate surface area is 187 Å². The average molecular weight is 427 g/mol. The summed E-state index contributed by atoms with van der Waals surface area (Å²) in [4.78, 5) is 12.3. The molecule has 4 aromatic rings. The highest BCUT2D eigenvalue weighted by Gasteiger charge is 2.19. The number of hydrogen-bond donors (Lipinski definition) is 2. The molecule has 0 unspecified atom stereocenters. The van der Waals surface area contributed by atoms with Crippen LogP contribution in [0.2, 0.25) is 0 Å².